The fraction of sp³-hybridized carbons (Fsp3) is 1.00. The molecule has 0 N–H and O–H groups in total. The minimum atomic E-state index is -0.938. The summed E-state index contributed by atoms with van der Waals surface area (Å²) in [6, 6.07) is 0. The first-order chi connectivity index (χ1) is 8.39. The summed E-state index contributed by atoms with van der Waals surface area (Å²) in [5, 5.41) is 0. The van der Waals surface area contributed by atoms with Crippen molar-refractivity contribution in [1.29, 1.82) is 0 Å². The molecule has 2 rings (SSSR count). The minimum Gasteiger partial charge on any atom is -0.306 e. The van der Waals surface area contributed by atoms with E-state index < -0.39 is 5.67 Å². The summed E-state index contributed by atoms with van der Waals surface area (Å²) in [5.41, 5.74) is -0.938. The van der Waals surface area contributed by atoms with Gasteiger partial charge in [-0.25, -0.2) is 4.39 Å². The Hall–Kier alpha value is -0.150. The number of alkyl halides is 1. The second-order valence-corrected chi connectivity index (χ2v) is 6.96. The van der Waals surface area contributed by atoms with Crippen molar-refractivity contribution >= 4 is 0 Å². The molecule has 3 heteroatoms. The number of rotatable bonds is 2. The van der Waals surface area contributed by atoms with Crippen LogP contribution in [0.3, 0.4) is 0 Å². The van der Waals surface area contributed by atoms with Gasteiger partial charge in [0.1, 0.15) is 5.67 Å². The van der Waals surface area contributed by atoms with E-state index >= 15 is 0 Å². The Bertz CT molecular complexity index is 262. The second kappa shape index (κ2) is 5.46. The molecular weight excluding hydrogens is 227 g/mol. The van der Waals surface area contributed by atoms with E-state index in [0.717, 1.165) is 32.1 Å². The van der Waals surface area contributed by atoms with E-state index in [-0.39, 0.29) is 0 Å². The predicted molar refractivity (Wildman–Crippen MR) is 74.5 cm³/mol. The van der Waals surface area contributed by atoms with Gasteiger partial charge in [0.15, 0.2) is 0 Å². The lowest BCUT2D eigenvalue weighted by atomic mass is 9.80. The van der Waals surface area contributed by atoms with Crippen LogP contribution in [0.2, 0.25) is 0 Å². The zero-order valence-corrected chi connectivity index (χ0v) is 12.5. The molecule has 18 heavy (non-hydrogen) atoms. The summed E-state index contributed by atoms with van der Waals surface area (Å²) in [7, 11) is 2.09. The van der Waals surface area contributed by atoms with Gasteiger partial charge in [-0.3, -0.25) is 4.90 Å². The van der Waals surface area contributed by atoms with Crippen LogP contribution in [0.1, 0.15) is 33.6 Å². The van der Waals surface area contributed by atoms with Crippen LogP contribution in [0, 0.1) is 17.8 Å². The van der Waals surface area contributed by atoms with Gasteiger partial charge < -0.3 is 4.90 Å². The number of likely N-dealkylation sites (tertiary alicyclic amines) is 2. The SMILES string of the molecule is CC1[C@H](C)CN(CC2(F)CCN(C)CC2)C[C@@H]1C. The van der Waals surface area contributed by atoms with Crippen LogP contribution < -0.4 is 0 Å². The van der Waals surface area contributed by atoms with Crippen LogP contribution in [0.15, 0.2) is 0 Å². The van der Waals surface area contributed by atoms with E-state index in [2.05, 4.69) is 37.6 Å². The highest BCUT2D eigenvalue weighted by atomic mass is 19.1. The number of hydrogen-bond donors (Lipinski definition) is 0. The van der Waals surface area contributed by atoms with Crippen molar-refractivity contribution in [1.82, 2.24) is 9.80 Å². The largest absolute Gasteiger partial charge is 0.306 e. The van der Waals surface area contributed by atoms with Gasteiger partial charge >= 0.3 is 0 Å². The molecule has 0 aromatic heterocycles. The molecule has 0 aromatic carbocycles. The van der Waals surface area contributed by atoms with Gasteiger partial charge in [0.2, 0.25) is 0 Å². The molecule has 0 saturated carbocycles. The van der Waals surface area contributed by atoms with Crippen molar-refractivity contribution in [2.45, 2.75) is 39.3 Å². The Morgan fingerprint density at radius 1 is 1.06 bits per heavy atom. The number of hydrogen-bond acceptors (Lipinski definition) is 2. The standard InChI is InChI=1S/C15H29FN2/c1-12-9-18(10-13(2)14(12)3)11-15(16)5-7-17(4)8-6-15/h12-14H,5-11H2,1-4H3/t12-,13+,14?. The summed E-state index contributed by atoms with van der Waals surface area (Å²) in [6.45, 7) is 11.6. The average Bonchev–Trinajstić information content (AvgIpc) is 2.30. The Morgan fingerprint density at radius 2 is 1.56 bits per heavy atom. The molecule has 106 valence electrons. The molecule has 2 aliphatic rings. The maximum atomic E-state index is 14.8. The lowest BCUT2D eigenvalue weighted by molar-refractivity contribution is -0.00101. The maximum Gasteiger partial charge on any atom is 0.126 e. The van der Waals surface area contributed by atoms with Crippen molar-refractivity contribution in [3.63, 3.8) is 0 Å². The van der Waals surface area contributed by atoms with Gasteiger partial charge in [-0.1, -0.05) is 20.8 Å². The smallest absolute Gasteiger partial charge is 0.126 e. The number of nitrogens with zero attached hydrogens (tertiary/aromatic N) is 2. The third-order valence-electron chi connectivity index (χ3n) is 5.28. The summed E-state index contributed by atoms with van der Waals surface area (Å²) < 4.78 is 14.8. The second-order valence-electron chi connectivity index (χ2n) is 6.96. The normalized spacial score (nSPS) is 38.8. The molecule has 2 fully saturated rings. The third kappa shape index (κ3) is 3.24. The summed E-state index contributed by atoms with van der Waals surface area (Å²) >= 11 is 0. The Balaban J connectivity index is 1.89. The molecule has 0 amide bonds. The average molecular weight is 256 g/mol. The van der Waals surface area contributed by atoms with E-state index in [4.69, 9.17) is 0 Å². The zero-order valence-electron chi connectivity index (χ0n) is 12.5. The van der Waals surface area contributed by atoms with Crippen molar-refractivity contribution in [3.05, 3.63) is 0 Å². The highest BCUT2D eigenvalue weighted by Crippen LogP contribution is 2.32. The van der Waals surface area contributed by atoms with Crippen molar-refractivity contribution in [3.8, 4) is 0 Å². The molecule has 3 atom stereocenters. The lowest BCUT2D eigenvalue weighted by Crippen LogP contribution is -2.52. The van der Waals surface area contributed by atoms with E-state index in [1.54, 1.807) is 0 Å². The van der Waals surface area contributed by atoms with Crippen LogP contribution >= 0.6 is 0 Å². The van der Waals surface area contributed by atoms with Gasteiger partial charge in [0, 0.05) is 32.7 Å². The Morgan fingerprint density at radius 3 is 2.06 bits per heavy atom. The molecular formula is C15H29FN2. The van der Waals surface area contributed by atoms with Crippen LogP contribution in [0.25, 0.3) is 0 Å². The zero-order chi connectivity index (χ0) is 13.3. The Labute approximate surface area is 112 Å². The molecule has 0 radical (unpaired) electrons. The molecule has 2 nitrogen and oxygen atoms in total. The molecule has 0 spiro atoms. The predicted octanol–water partition coefficient (Wildman–Crippen LogP) is 2.64. The number of piperidine rings is 2. The van der Waals surface area contributed by atoms with Crippen LogP contribution in [-0.2, 0) is 0 Å². The minimum absolute atomic E-state index is 0.655. The molecule has 0 aliphatic carbocycles. The van der Waals surface area contributed by atoms with Gasteiger partial charge in [-0.05, 0) is 37.6 Å². The summed E-state index contributed by atoms with van der Waals surface area (Å²) in [6.07, 6.45) is 1.41. The quantitative estimate of drug-likeness (QED) is 0.749. The van der Waals surface area contributed by atoms with Gasteiger partial charge in [-0.15, -0.1) is 0 Å². The van der Waals surface area contributed by atoms with Crippen molar-refractivity contribution < 1.29 is 4.39 Å². The first-order valence-corrected chi connectivity index (χ1v) is 7.49. The summed E-state index contributed by atoms with van der Waals surface area (Å²) in [5.74, 6) is 2.17. The van der Waals surface area contributed by atoms with Crippen molar-refractivity contribution in [2.24, 2.45) is 17.8 Å². The first-order valence-electron chi connectivity index (χ1n) is 7.49. The van der Waals surface area contributed by atoms with Gasteiger partial charge in [0.25, 0.3) is 0 Å². The van der Waals surface area contributed by atoms with Gasteiger partial charge in [0.05, 0.1) is 0 Å². The highest BCUT2D eigenvalue weighted by molar-refractivity contribution is 4.91. The molecule has 0 bridgehead atoms. The summed E-state index contributed by atoms with van der Waals surface area (Å²) in [4.78, 5) is 4.61. The molecule has 2 saturated heterocycles. The van der Waals surface area contributed by atoms with E-state index in [1.165, 1.54) is 0 Å². The van der Waals surface area contributed by atoms with Crippen molar-refractivity contribution in [2.75, 3.05) is 39.8 Å². The molecule has 1 unspecified atom stereocenters. The molecule has 2 aliphatic heterocycles. The third-order valence-corrected chi connectivity index (χ3v) is 5.28. The molecule has 2 heterocycles. The fourth-order valence-electron chi connectivity index (χ4n) is 3.49. The number of halogens is 1. The van der Waals surface area contributed by atoms with Crippen LogP contribution in [0.5, 0.6) is 0 Å². The fourth-order valence-corrected chi connectivity index (χ4v) is 3.49. The van der Waals surface area contributed by atoms with Crippen LogP contribution in [-0.4, -0.2) is 55.2 Å². The highest BCUT2D eigenvalue weighted by Gasteiger charge is 2.38. The first kappa shape index (κ1) is 14.3. The van der Waals surface area contributed by atoms with E-state index in [0.29, 0.717) is 31.2 Å². The van der Waals surface area contributed by atoms with E-state index in [1.807, 2.05) is 0 Å². The van der Waals surface area contributed by atoms with Gasteiger partial charge in [-0.2, -0.15) is 0 Å². The van der Waals surface area contributed by atoms with E-state index in [9.17, 15) is 4.39 Å². The molecule has 0 aromatic rings. The topological polar surface area (TPSA) is 6.48 Å². The monoisotopic (exact) mass is 256 g/mol. The Kier molecular flexibility index (Phi) is 4.32. The maximum absolute atomic E-state index is 14.8. The lowest BCUT2D eigenvalue weighted by Gasteiger charge is -2.44. The van der Waals surface area contributed by atoms with Crippen LogP contribution in [0.4, 0.5) is 4.39 Å².